The summed E-state index contributed by atoms with van der Waals surface area (Å²) in [6, 6.07) is 9.53. The van der Waals surface area contributed by atoms with Crippen molar-refractivity contribution in [1.29, 1.82) is 0 Å². The molecule has 1 aromatic heterocycles. The number of hydrogen-bond donors (Lipinski definition) is 2. The number of anilines is 2. The number of nitrogens with zero attached hydrogens (tertiary/aromatic N) is 2. The lowest BCUT2D eigenvalue weighted by atomic mass is 10.2. The van der Waals surface area contributed by atoms with Gasteiger partial charge in [-0.1, -0.05) is 29.8 Å². The van der Waals surface area contributed by atoms with Crippen molar-refractivity contribution in [2.24, 2.45) is 0 Å². The summed E-state index contributed by atoms with van der Waals surface area (Å²) in [6.45, 7) is 4.97. The van der Waals surface area contributed by atoms with Gasteiger partial charge in [-0.3, -0.25) is 0 Å². The van der Waals surface area contributed by atoms with Crippen LogP contribution in [-0.4, -0.2) is 16.5 Å². The normalized spacial score (nSPS) is 9.95. The molecule has 0 bridgehead atoms. The summed E-state index contributed by atoms with van der Waals surface area (Å²) in [6.07, 6.45) is 3.47. The van der Waals surface area contributed by atoms with E-state index in [9.17, 15) is 0 Å². The molecule has 0 saturated carbocycles. The Bertz CT molecular complexity index is 539. The second-order valence-electron chi connectivity index (χ2n) is 3.92. The number of benzene rings is 1. The molecule has 19 heavy (non-hydrogen) atoms. The first kappa shape index (κ1) is 13.4. The van der Waals surface area contributed by atoms with Crippen LogP contribution in [0.15, 0.2) is 49.2 Å². The van der Waals surface area contributed by atoms with Gasteiger partial charge in [0.2, 0.25) is 5.95 Å². The molecule has 0 atom stereocenters. The summed E-state index contributed by atoms with van der Waals surface area (Å²) in [5.74, 6) is 1.36. The quantitative estimate of drug-likeness (QED) is 0.793. The highest BCUT2D eigenvalue weighted by atomic mass is 35.5. The third-order valence-electron chi connectivity index (χ3n) is 2.45. The van der Waals surface area contributed by atoms with Crippen molar-refractivity contribution >= 4 is 23.4 Å². The summed E-state index contributed by atoms with van der Waals surface area (Å²) in [5.41, 5.74) is 1.14. The van der Waals surface area contributed by atoms with E-state index in [-0.39, 0.29) is 0 Å². The molecule has 0 radical (unpaired) electrons. The van der Waals surface area contributed by atoms with Gasteiger partial charge < -0.3 is 10.6 Å². The Morgan fingerprint density at radius 2 is 1.95 bits per heavy atom. The van der Waals surface area contributed by atoms with Gasteiger partial charge in [-0.05, 0) is 23.8 Å². The van der Waals surface area contributed by atoms with Gasteiger partial charge in [0.15, 0.2) is 0 Å². The molecule has 0 aliphatic heterocycles. The van der Waals surface area contributed by atoms with Gasteiger partial charge >= 0.3 is 0 Å². The first-order chi connectivity index (χ1) is 9.28. The molecule has 2 N–H and O–H groups in total. The van der Waals surface area contributed by atoms with Gasteiger partial charge in [0.05, 0.1) is 0 Å². The minimum absolute atomic E-state index is 0.584. The molecule has 0 spiro atoms. The molecule has 1 heterocycles. The Labute approximate surface area is 117 Å². The van der Waals surface area contributed by atoms with Crippen LogP contribution < -0.4 is 10.6 Å². The predicted octanol–water partition coefficient (Wildman–Crippen LogP) is 3.34. The zero-order chi connectivity index (χ0) is 13.5. The van der Waals surface area contributed by atoms with Crippen LogP contribution in [0.25, 0.3) is 0 Å². The largest absolute Gasteiger partial charge is 0.366 e. The highest BCUT2D eigenvalue weighted by Crippen LogP contribution is 2.11. The average Bonchev–Trinajstić information content (AvgIpc) is 2.45. The summed E-state index contributed by atoms with van der Waals surface area (Å²) in [4.78, 5) is 8.45. The molecular weight excluding hydrogens is 260 g/mol. The number of halogens is 1. The lowest BCUT2D eigenvalue weighted by Gasteiger charge is -2.07. The molecule has 0 aliphatic carbocycles. The maximum atomic E-state index is 5.84. The third kappa shape index (κ3) is 4.26. The molecule has 0 aliphatic rings. The van der Waals surface area contributed by atoms with E-state index in [0.29, 0.717) is 19.0 Å². The first-order valence-corrected chi connectivity index (χ1v) is 6.32. The smallest absolute Gasteiger partial charge is 0.224 e. The van der Waals surface area contributed by atoms with E-state index in [4.69, 9.17) is 11.6 Å². The minimum Gasteiger partial charge on any atom is -0.366 e. The van der Waals surface area contributed by atoms with Crippen molar-refractivity contribution in [1.82, 2.24) is 9.97 Å². The van der Waals surface area contributed by atoms with Crippen LogP contribution >= 0.6 is 11.6 Å². The standard InChI is InChI=1S/C14H15ClN4/c1-2-8-16-14-17-9-7-13(19-14)18-10-11-3-5-12(15)6-4-11/h2-7,9H,1,8,10H2,(H2,16,17,18,19). The maximum absolute atomic E-state index is 5.84. The fraction of sp³-hybridized carbons (Fsp3) is 0.143. The van der Waals surface area contributed by atoms with Crippen molar-refractivity contribution in [2.45, 2.75) is 6.54 Å². The molecule has 0 unspecified atom stereocenters. The van der Waals surface area contributed by atoms with E-state index in [1.54, 1.807) is 12.3 Å². The summed E-state index contributed by atoms with van der Waals surface area (Å²) >= 11 is 5.84. The molecule has 1 aromatic carbocycles. The van der Waals surface area contributed by atoms with Crippen molar-refractivity contribution in [3.05, 3.63) is 59.8 Å². The Morgan fingerprint density at radius 3 is 2.68 bits per heavy atom. The lowest BCUT2D eigenvalue weighted by Crippen LogP contribution is -2.06. The van der Waals surface area contributed by atoms with E-state index in [2.05, 4.69) is 27.2 Å². The second-order valence-corrected chi connectivity index (χ2v) is 4.35. The zero-order valence-electron chi connectivity index (χ0n) is 10.4. The SMILES string of the molecule is C=CCNc1nccc(NCc2ccc(Cl)cc2)n1. The van der Waals surface area contributed by atoms with Gasteiger partial charge in [-0.2, -0.15) is 4.98 Å². The molecule has 0 saturated heterocycles. The summed E-state index contributed by atoms with van der Waals surface area (Å²) in [5, 5.41) is 7.02. The topological polar surface area (TPSA) is 49.8 Å². The number of hydrogen-bond acceptors (Lipinski definition) is 4. The molecule has 98 valence electrons. The number of nitrogens with one attached hydrogen (secondary N) is 2. The average molecular weight is 275 g/mol. The van der Waals surface area contributed by atoms with E-state index in [1.165, 1.54) is 0 Å². The summed E-state index contributed by atoms with van der Waals surface area (Å²) < 4.78 is 0. The van der Waals surface area contributed by atoms with E-state index >= 15 is 0 Å². The highest BCUT2D eigenvalue weighted by Gasteiger charge is 1.98. The Balaban J connectivity index is 1.95. The highest BCUT2D eigenvalue weighted by molar-refractivity contribution is 6.30. The predicted molar refractivity (Wildman–Crippen MR) is 79.5 cm³/mol. The van der Waals surface area contributed by atoms with Crippen LogP contribution in [0.4, 0.5) is 11.8 Å². The van der Waals surface area contributed by atoms with Crippen molar-refractivity contribution in [2.75, 3.05) is 17.2 Å². The van der Waals surface area contributed by atoms with E-state index < -0.39 is 0 Å². The van der Waals surface area contributed by atoms with Gasteiger partial charge in [0.1, 0.15) is 5.82 Å². The minimum atomic E-state index is 0.584. The number of rotatable bonds is 6. The monoisotopic (exact) mass is 274 g/mol. The molecule has 0 fully saturated rings. The molecule has 5 heteroatoms. The summed E-state index contributed by atoms with van der Waals surface area (Å²) in [7, 11) is 0. The Morgan fingerprint density at radius 1 is 1.16 bits per heavy atom. The number of aromatic nitrogens is 2. The third-order valence-corrected chi connectivity index (χ3v) is 2.70. The fourth-order valence-electron chi connectivity index (χ4n) is 1.50. The van der Waals surface area contributed by atoms with Gasteiger partial charge in [-0.15, -0.1) is 6.58 Å². The van der Waals surface area contributed by atoms with Crippen LogP contribution in [0.1, 0.15) is 5.56 Å². The molecular formula is C14H15ClN4. The Hall–Kier alpha value is -2.07. The van der Waals surface area contributed by atoms with Crippen LogP contribution in [0, 0.1) is 0 Å². The van der Waals surface area contributed by atoms with E-state index in [0.717, 1.165) is 16.4 Å². The van der Waals surface area contributed by atoms with Gasteiger partial charge in [-0.25, -0.2) is 4.98 Å². The molecule has 2 aromatic rings. The fourth-order valence-corrected chi connectivity index (χ4v) is 1.63. The zero-order valence-corrected chi connectivity index (χ0v) is 11.2. The molecule has 2 rings (SSSR count). The Kier molecular flexibility index (Phi) is 4.75. The van der Waals surface area contributed by atoms with Crippen molar-refractivity contribution in [3.8, 4) is 0 Å². The van der Waals surface area contributed by atoms with Crippen LogP contribution in [0.5, 0.6) is 0 Å². The van der Waals surface area contributed by atoms with Gasteiger partial charge in [0, 0.05) is 24.3 Å². The van der Waals surface area contributed by atoms with Crippen LogP contribution in [0.3, 0.4) is 0 Å². The van der Waals surface area contributed by atoms with Crippen LogP contribution in [0.2, 0.25) is 5.02 Å². The van der Waals surface area contributed by atoms with Crippen molar-refractivity contribution < 1.29 is 0 Å². The molecule has 0 amide bonds. The maximum Gasteiger partial charge on any atom is 0.224 e. The van der Waals surface area contributed by atoms with Crippen LogP contribution in [-0.2, 0) is 6.54 Å². The second kappa shape index (κ2) is 6.75. The van der Waals surface area contributed by atoms with Crippen molar-refractivity contribution in [3.63, 3.8) is 0 Å². The van der Waals surface area contributed by atoms with E-state index in [1.807, 2.05) is 30.3 Å². The molecule has 4 nitrogen and oxygen atoms in total. The lowest BCUT2D eigenvalue weighted by molar-refractivity contribution is 1.07. The van der Waals surface area contributed by atoms with Gasteiger partial charge in [0.25, 0.3) is 0 Å². The first-order valence-electron chi connectivity index (χ1n) is 5.94.